The smallest absolute Gasteiger partial charge is 0.239 e. The highest BCUT2D eigenvalue weighted by atomic mass is 32.1. The standard InChI is InChI=1S/C26H24FN3O2S/c27-18-8-2-1-7-17(18)15-28-24(32)16-30-21-11-4-3-9-19(21)29-20-10-5-12-22(31)25(20)26(30)23-13-6-14-33-23/h1-4,6-9,11,13-14,26,29H,5,10,12,15-16H2,(H,28,32). The van der Waals surface area contributed by atoms with Gasteiger partial charge in [-0.2, -0.15) is 0 Å². The number of amides is 1. The second kappa shape index (κ2) is 9.19. The van der Waals surface area contributed by atoms with Crippen LogP contribution in [0.2, 0.25) is 0 Å². The van der Waals surface area contributed by atoms with Crippen molar-refractivity contribution in [2.45, 2.75) is 31.8 Å². The molecule has 0 bridgehead atoms. The van der Waals surface area contributed by atoms with Crippen LogP contribution in [0.15, 0.2) is 77.3 Å². The minimum atomic E-state index is -0.358. The highest BCUT2D eigenvalue weighted by Gasteiger charge is 2.37. The van der Waals surface area contributed by atoms with E-state index in [2.05, 4.69) is 10.6 Å². The van der Waals surface area contributed by atoms with Gasteiger partial charge in [-0.1, -0.05) is 36.4 Å². The van der Waals surface area contributed by atoms with Crippen LogP contribution in [-0.2, 0) is 16.1 Å². The zero-order chi connectivity index (χ0) is 22.8. The summed E-state index contributed by atoms with van der Waals surface area (Å²) in [5.41, 5.74) is 3.85. The van der Waals surface area contributed by atoms with Gasteiger partial charge in [-0.15, -0.1) is 11.3 Å². The molecular weight excluding hydrogens is 437 g/mol. The molecule has 0 fully saturated rings. The lowest BCUT2D eigenvalue weighted by Crippen LogP contribution is -2.40. The third-order valence-electron chi connectivity index (χ3n) is 6.10. The lowest BCUT2D eigenvalue weighted by atomic mass is 9.88. The number of carbonyl (C=O) groups is 2. The molecule has 2 N–H and O–H groups in total. The first-order valence-corrected chi connectivity index (χ1v) is 11.9. The SMILES string of the molecule is O=C(CN1c2ccccc2NC2=C(C(=O)CCC2)C1c1cccs1)NCc1ccccc1F. The van der Waals surface area contributed by atoms with Crippen LogP contribution in [0, 0.1) is 5.82 Å². The topological polar surface area (TPSA) is 61.4 Å². The van der Waals surface area contributed by atoms with Crippen molar-refractivity contribution in [1.29, 1.82) is 0 Å². The summed E-state index contributed by atoms with van der Waals surface area (Å²) in [6.07, 6.45) is 2.11. The van der Waals surface area contributed by atoms with E-state index in [1.54, 1.807) is 29.5 Å². The van der Waals surface area contributed by atoms with Gasteiger partial charge in [0.15, 0.2) is 5.78 Å². The summed E-state index contributed by atoms with van der Waals surface area (Å²) >= 11 is 1.58. The molecule has 1 aliphatic carbocycles. The lowest BCUT2D eigenvalue weighted by molar-refractivity contribution is -0.120. The predicted molar refractivity (Wildman–Crippen MR) is 129 cm³/mol. The number of ketones is 1. The van der Waals surface area contributed by atoms with Gasteiger partial charge >= 0.3 is 0 Å². The van der Waals surface area contributed by atoms with Crippen molar-refractivity contribution in [2.24, 2.45) is 0 Å². The van der Waals surface area contributed by atoms with E-state index in [1.807, 2.05) is 46.7 Å². The van der Waals surface area contributed by atoms with Crippen molar-refractivity contribution in [1.82, 2.24) is 5.32 Å². The summed E-state index contributed by atoms with van der Waals surface area (Å²) in [6.45, 7) is 0.148. The molecule has 2 heterocycles. The molecule has 33 heavy (non-hydrogen) atoms. The Hall–Kier alpha value is -3.45. The largest absolute Gasteiger partial charge is 0.357 e. The van der Waals surface area contributed by atoms with E-state index in [0.29, 0.717) is 12.0 Å². The van der Waals surface area contributed by atoms with Crippen molar-refractivity contribution in [3.8, 4) is 0 Å². The van der Waals surface area contributed by atoms with Gasteiger partial charge in [0.1, 0.15) is 5.82 Å². The molecule has 1 unspecified atom stereocenters. The fourth-order valence-electron chi connectivity index (χ4n) is 4.56. The summed E-state index contributed by atoms with van der Waals surface area (Å²) in [5.74, 6) is -0.463. The Morgan fingerprint density at radius 1 is 1.09 bits per heavy atom. The van der Waals surface area contributed by atoms with Crippen LogP contribution >= 0.6 is 11.3 Å². The molecule has 7 heteroatoms. The van der Waals surface area contributed by atoms with Crippen molar-refractivity contribution < 1.29 is 14.0 Å². The number of rotatable bonds is 5. The molecule has 5 rings (SSSR count). The molecule has 0 saturated heterocycles. The maximum absolute atomic E-state index is 14.0. The van der Waals surface area contributed by atoms with E-state index in [4.69, 9.17) is 0 Å². The monoisotopic (exact) mass is 461 g/mol. The van der Waals surface area contributed by atoms with E-state index in [-0.39, 0.29) is 36.6 Å². The minimum absolute atomic E-state index is 0.0414. The van der Waals surface area contributed by atoms with E-state index in [0.717, 1.165) is 40.4 Å². The molecule has 0 spiro atoms. The quantitative estimate of drug-likeness (QED) is 0.549. The van der Waals surface area contributed by atoms with Crippen LogP contribution in [-0.4, -0.2) is 18.2 Å². The maximum Gasteiger partial charge on any atom is 0.239 e. The Kier molecular flexibility index (Phi) is 5.96. The number of carbonyl (C=O) groups excluding carboxylic acids is 2. The number of thiophene rings is 1. The first kappa shape index (κ1) is 21.4. The number of nitrogens with one attached hydrogen (secondary N) is 2. The Balaban J connectivity index is 1.51. The predicted octanol–water partition coefficient (Wildman–Crippen LogP) is 5.18. The number of nitrogens with zero attached hydrogens (tertiary/aromatic N) is 1. The molecule has 168 valence electrons. The van der Waals surface area contributed by atoms with Gasteiger partial charge in [0.05, 0.1) is 24.0 Å². The van der Waals surface area contributed by atoms with E-state index >= 15 is 0 Å². The normalized spacial score (nSPS) is 17.7. The molecule has 2 aromatic carbocycles. The van der Waals surface area contributed by atoms with Crippen LogP contribution in [0.25, 0.3) is 0 Å². The number of hydrogen-bond donors (Lipinski definition) is 2. The average molecular weight is 462 g/mol. The number of fused-ring (bicyclic) bond motifs is 1. The van der Waals surface area contributed by atoms with Gasteiger partial charge in [0, 0.05) is 34.7 Å². The van der Waals surface area contributed by atoms with Crippen LogP contribution in [0.5, 0.6) is 0 Å². The van der Waals surface area contributed by atoms with E-state index < -0.39 is 0 Å². The first-order chi connectivity index (χ1) is 16.1. The number of halogens is 1. The van der Waals surface area contributed by atoms with Crippen molar-refractivity contribution in [3.05, 3.63) is 93.6 Å². The Morgan fingerprint density at radius 2 is 1.91 bits per heavy atom. The summed E-state index contributed by atoms with van der Waals surface area (Å²) in [5, 5.41) is 8.33. The summed E-state index contributed by atoms with van der Waals surface area (Å²) in [7, 11) is 0. The van der Waals surface area contributed by atoms with E-state index in [1.165, 1.54) is 6.07 Å². The number of allylic oxidation sites excluding steroid dienone is 1. The van der Waals surface area contributed by atoms with Gasteiger partial charge < -0.3 is 15.5 Å². The second-order valence-electron chi connectivity index (χ2n) is 8.23. The van der Waals surface area contributed by atoms with Crippen LogP contribution in [0.3, 0.4) is 0 Å². The number of para-hydroxylation sites is 2. The number of anilines is 2. The van der Waals surface area contributed by atoms with Crippen LogP contribution < -0.4 is 15.5 Å². The highest BCUT2D eigenvalue weighted by Crippen LogP contribution is 2.45. The molecule has 5 nitrogen and oxygen atoms in total. The molecule has 0 saturated carbocycles. The van der Waals surface area contributed by atoms with Crippen LogP contribution in [0.1, 0.15) is 35.7 Å². The zero-order valence-corrected chi connectivity index (χ0v) is 18.8. The molecule has 1 aliphatic heterocycles. The molecule has 2 aliphatic rings. The Bertz CT molecular complexity index is 1220. The maximum atomic E-state index is 14.0. The number of hydrogen-bond acceptors (Lipinski definition) is 5. The van der Waals surface area contributed by atoms with Crippen molar-refractivity contribution >= 4 is 34.4 Å². The highest BCUT2D eigenvalue weighted by molar-refractivity contribution is 7.10. The van der Waals surface area contributed by atoms with Gasteiger partial charge in [0.2, 0.25) is 5.91 Å². The third kappa shape index (κ3) is 4.28. The zero-order valence-electron chi connectivity index (χ0n) is 18.0. The summed E-state index contributed by atoms with van der Waals surface area (Å²) < 4.78 is 14.0. The minimum Gasteiger partial charge on any atom is -0.357 e. The first-order valence-electron chi connectivity index (χ1n) is 11.0. The fourth-order valence-corrected chi connectivity index (χ4v) is 5.41. The third-order valence-corrected chi connectivity index (χ3v) is 7.03. The van der Waals surface area contributed by atoms with Gasteiger partial charge in [-0.05, 0) is 42.5 Å². The Labute approximate surface area is 195 Å². The van der Waals surface area contributed by atoms with Gasteiger partial charge in [-0.25, -0.2) is 4.39 Å². The Morgan fingerprint density at radius 3 is 2.73 bits per heavy atom. The number of benzene rings is 2. The van der Waals surface area contributed by atoms with Crippen molar-refractivity contribution in [3.63, 3.8) is 0 Å². The summed E-state index contributed by atoms with van der Waals surface area (Å²) in [4.78, 5) is 29.2. The molecular formula is C26H24FN3O2S. The number of Topliss-reactive ketones (excluding diaryl/α,β-unsaturated/α-hetero) is 1. The van der Waals surface area contributed by atoms with Crippen LogP contribution in [0.4, 0.5) is 15.8 Å². The molecule has 1 aromatic heterocycles. The van der Waals surface area contributed by atoms with E-state index in [9.17, 15) is 14.0 Å². The molecule has 1 atom stereocenters. The molecule has 3 aromatic rings. The lowest BCUT2D eigenvalue weighted by Gasteiger charge is -2.34. The fraction of sp³-hybridized carbons (Fsp3) is 0.231. The van der Waals surface area contributed by atoms with Gasteiger partial charge in [-0.3, -0.25) is 9.59 Å². The van der Waals surface area contributed by atoms with Crippen molar-refractivity contribution in [2.75, 3.05) is 16.8 Å². The average Bonchev–Trinajstić information content (AvgIpc) is 3.30. The summed E-state index contributed by atoms with van der Waals surface area (Å²) in [6, 6.07) is 17.9. The molecule has 1 amide bonds. The second-order valence-corrected chi connectivity index (χ2v) is 9.20. The van der Waals surface area contributed by atoms with Gasteiger partial charge in [0.25, 0.3) is 0 Å². The molecule has 0 radical (unpaired) electrons.